The fraction of sp³-hybridized carbons (Fsp3) is 0.500. The number of amides is 1. The van der Waals surface area contributed by atoms with Crippen molar-refractivity contribution in [3.8, 4) is 0 Å². The van der Waals surface area contributed by atoms with E-state index in [-0.39, 0.29) is 5.91 Å². The van der Waals surface area contributed by atoms with Crippen molar-refractivity contribution in [2.24, 2.45) is 0 Å². The number of rotatable bonds is 1. The molecule has 3 nitrogen and oxygen atoms in total. The summed E-state index contributed by atoms with van der Waals surface area (Å²) in [7, 11) is 3.73. The fourth-order valence-corrected chi connectivity index (χ4v) is 1.76. The first-order chi connectivity index (χ1) is 8.13. The van der Waals surface area contributed by atoms with Gasteiger partial charge in [0, 0.05) is 31.9 Å². The van der Waals surface area contributed by atoms with Gasteiger partial charge in [0.2, 0.25) is 0 Å². The molecule has 1 heterocycles. The van der Waals surface area contributed by atoms with Crippen molar-refractivity contribution >= 4 is 11.6 Å². The smallest absolute Gasteiger partial charge is 0.253 e. The van der Waals surface area contributed by atoms with E-state index in [0.29, 0.717) is 0 Å². The second-order valence-corrected chi connectivity index (χ2v) is 4.31. The molecule has 0 aliphatic carbocycles. The predicted octanol–water partition coefficient (Wildman–Crippen LogP) is 2.77. The lowest BCUT2D eigenvalue weighted by molar-refractivity contribution is 0.0781. The third-order valence-electron chi connectivity index (χ3n) is 2.69. The third-order valence-corrected chi connectivity index (χ3v) is 2.69. The lowest BCUT2D eigenvalue weighted by Crippen LogP contribution is -2.34. The number of hydrogen-bond acceptors (Lipinski definition) is 2. The number of nitrogens with zero attached hydrogens (tertiary/aromatic N) is 1. The molecule has 0 fully saturated rings. The Hall–Kier alpha value is -1.51. The second kappa shape index (κ2) is 6.28. The lowest BCUT2D eigenvalue weighted by Gasteiger charge is -2.25. The van der Waals surface area contributed by atoms with E-state index in [1.807, 2.05) is 26.2 Å². The van der Waals surface area contributed by atoms with Crippen LogP contribution in [0.15, 0.2) is 18.2 Å². The molecule has 2 rings (SSSR count). The van der Waals surface area contributed by atoms with E-state index in [2.05, 4.69) is 25.2 Å². The number of fused-ring (bicyclic) bond motifs is 1. The van der Waals surface area contributed by atoms with Crippen LogP contribution in [0.3, 0.4) is 0 Å². The molecule has 3 heteroatoms. The van der Waals surface area contributed by atoms with Gasteiger partial charge in [-0.3, -0.25) is 4.79 Å². The highest BCUT2D eigenvalue weighted by Crippen LogP contribution is 2.21. The Kier molecular flexibility index (Phi) is 5.01. The summed E-state index contributed by atoms with van der Waals surface area (Å²) in [4.78, 5) is 13.5. The fourth-order valence-electron chi connectivity index (χ4n) is 1.76. The van der Waals surface area contributed by atoms with Crippen LogP contribution >= 0.6 is 0 Å². The zero-order valence-corrected chi connectivity index (χ0v) is 11.2. The second-order valence-electron chi connectivity index (χ2n) is 4.31. The summed E-state index contributed by atoms with van der Waals surface area (Å²) in [6, 6.07) is 5.90. The molecule has 94 valence electrons. The Balaban J connectivity index is 0.000000437. The molecule has 0 atom stereocenters. The predicted molar refractivity (Wildman–Crippen MR) is 72.6 cm³/mol. The van der Waals surface area contributed by atoms with Crippen molar-refractivity contribution in [3.05, 3.63) is 29.3 Å². The molecule has 0 bridgehead atoms. The summed E-state index contributed by atoms with van der Waals surface area (Å²) >= 11 is 0. The van der Waals surface area contributed by atoms with Crippen molar-refractivity contribution in [2.45, 2.75) is 26.7 Å². The van der Waals surface area contributed by atoms with Gasteiger partial charge >= 0.3 is 0 Å². The van der Waals surface area contributed by atoms with Crippen LogP contribution in [0.5, 0.6) is 0 Å². The Morgan fingerprint density at radius 3 is 2.59 bits per heavy atom. The van der Waals surface area contributed by atoms with Gasteiger partial charge in [0.1, 0.15) is 0 Å². The molecule has 1 aromatic rings. The van der Waals surface area contributed by atoms with Gasteiger partial charge in [-0.05, 0) is 30.2 Å². The van der Waals surface area contributed by atoms with Crippen LogP contribution < -0.4 is 5.32 Å². The number of nitrogens with one attached hydrogen (secondary N) is 1. The highest BCUT2D eigenvalue weighted by molar-refractivity contribution is 5.97. The van der Waals surface area contributed by atoms with Crippen molar-refractivity contribution in [2.75, 3.05) is 26.0 Å². The van der Waals surface area contributed by atoms with Crippen molar-refractivity contribution in [3.63, 3.8) is 0 Å². The maximum Gasteiger partial charge on any atom is 0.253 e. The normalized spacial score (nSPS) is 13.6. The van der Waals surface area contributed by atoms with Gasteiger partial charge in [-0.25, -0.2) is 0 Å². The number of benzene rings is 1. The van der Waals surface area contributed by atoms with Gasteiger partial charge in [-0.2, -0.15) is 0 Å². The van der Waals surface area contributed by atoms with E-state index in [1.54, 1.807) is 4.90 Å². The maximum absolute atomic E-state index is 11.7. The number of carbonyl (C=O) groups excluding carboxylic acids is 1. The Bertz CT molecular complexity index is 388. The molecule has 0 spiro atoms. The first-order valence-electron chi connectivity index (χ1n) is 6.20. The number of hydrogen-bond donors (Lipinski definition) is 1. The van der Waals surface area contributed by atoms with E-state index in [9.17, 15) is 4.79 Å². The quantitative estimate of drug-likeness (QED) is 0.810. The summed E-state index contributed by atoms with van der Waals surface area (Å²) < 4.78 is 0. The number of anilines is 1. The van der Waals surface area contributed by atoms with E-state index >= 15 is 0 Å². The molecule has 1 aromatic carbocycles. The third kappa shape index (κ3) is 3.22. The van der Waals surface area contributed by atoms with Crippen LogP contribution in [-0.2, 0) is 6.42 Å². The van der Waals surface area contributed by atoms with Crippen molar-refractivity contribution in [1.29, 1.82) is 0 Å². The summed E-state index contributed by atoms with van der Waals surface area (Å²) in [5.41, 5.74) is 3.07. The topological polar surface area (TPSA) is 32.3 Å². The molecule has 0 unspecified atom stereocenters. The van der Waals surface area contributed by atoms with Crippen LogP contribution in [0.25, 0.3) is 0 Å². The Morgan fingerprint density at radius 2 is 2.00 bits per heavy atom. The maximum atomic E-state index is 11.7. The molecular formula is C14H22N2O. The zero-order valence-electron chi connectivity index (χ0n) is 11.2. The molecule has 1 N–H and O–H groups in total. The molecule has 0 aromatic heterocycles. The van der Waals surface area contributed by atoms with Gasteiger partial charge in [-0.1, -0.05) is 20.3 Å². The first kappa shape index (κ1) is 13.6. The summed E-state index contributed by atoms with van der Waals surface area (Å²) in [6.45, 7) is 5.07. The van der Waals surface area contributed by atoms with Crippen LogP contribution in [0.1, 0.15) is 36.2 Å². The molecule has 1 aliphatic rings. The summed E-state index contributed by atoms with van der Waals surface area (Å²) in [5.74, 6) is 0.133. The highest BCUT2D eigenvalue weighted by atomic mass is 16.2. The summed E-state index contributed by atoms with van der Waals surface area (Å²) in [6.07, 6.45) is 2.20. The minimum Gasteiger partial charge on any atom is -0.388 e. The standard InChI is InChI=1S/C11H14N2O.C3H8/c1-12-9-3-4-10-8(7-9)5-6-13(2)11(10)14;1-3-2/h3-4,7,12H,5-6H2,1-2H3;3H2,1-2H3. The molecule has 1 aliphatic heterocycles. The Labute approximate surface area is 104 Å². The van der Waals surface area contributed by atoms with Gasteiger partial charge in [0.25, 0.3) is 5.91 Å². The monoisotopic (exact) mass is 234 g/mol. The van der Waals surface area contributed by atoms with Gasteiger partial charge in [0.05, 0.1) is 0 Å². The van der Waals surface area contributed by atoms with Crippen molar-refractivity contribution < 1.29 is 4.79 Å². The minimum atomic E-state index is 0.133. The molecule has 0 saturated heterocycles. The van der Waals surface area contributed by atoms with Gasteiger partial charge < -0.3 is 10.2 Å². The number of carbonyl (C=O) groups is 1. The highest BCUT2D eigenvalue weighted by Gasteiger charge is 2.20. The first-order valence-corrected chi connectivity index (χ1v) is 6.20. The SMILES string of the molecule is CCC.CNc1ccc2c(c1)CCN(C)C2=O. The minimum absolute atomic E-state index is 0.133. The molecule has 0 radical (unpaired) electrons. The van der Waals surface area contributed by atoms with E-state index in [4.69, 9.17) is 0 Å². The van der Waals surface area contributed by atoms with Gasteiger partial charge in [-0.15, -0.1) is 0 Å². The zero-order chi connectivity index (χ0) is 12.8. The average Bonchev–Trinajstić information content (AvgIpc) is 2.34. The molecule has 0 saturated carbocycles. The van der Waals surface area contributed by atoms with E-state index < -0.39 is 0 Å². The van der Waals surface area contributed by atoms with Crippen LogP contribution in [0.4, 0.5) is 5.69 Å². The Morgan fingerprint density at radius 1 is 1.35 bits per heavy atom. The summed E-state index contributed by atoms with van der Waals surface area (Å²) in [5, 5.41) is 3.08. The van der Waals surface area contributed by atoms with Crippen LogP contribution in [0.2, 0.25) is 0 Å². The van der Waals surface area contributed by atoms with E-state index in [1.165, 1.54) is 6.42 Å². The largest absolute Gasteiger partial charge is 0.388 e. The average molecular weight is 234 g/mol. The van der Waals surface area contributed by atoms with Crippen LogP contribution in [-0.4, -0.2) is 31.4 Å². The molecule has 17 heavy (non-hydrogen) atoms. The van der Waals surface area contributed by atoms with Crippen molar-refractivity contribution in [1.82, 2.24) is 4.90 Å². The molecule has 1 amide bonds. The van der Waals surface area contributed by atoms with Crippen LogP contribution in [0, 0.1) is 0 Å². The van der Waals surface area contributed by atoms with E-state index in [0.717, 1.165) is 29.8 Å². The molecular weight excluding hydrogens is 212 g/mol. The lowest BCUT2D eigenvalue weighted by atomic mass is 9.99. The van der Waals surface area contributed by atoms with Gasteiger partial charge in [0.15, 0.2) is 0 Å². The number of likely N-dealkylation sites (N-methyl/N-ethyl adjacent to an activating group) is 1.